The van der Waals surface area contributed by atoms with Gasteiger partial charge in [0.25, 0.3) is 0 Å². The molecule has 0 aliphatic carbocycles. The van der Waals surface area contributed by atoms with Crippen LogP contribution in [0, 0.1) is 5.82 Å². The molecule has 0 unspecified atom stereocenters. The molecule has 1 rings (SSSR count). The molecule has 0 aromatic heterocycles. The maximum Gasteiger partial charge on any atom is 0.146 e. The van der Waals surface area contributed by atoms with Crippen molar-refractivity contribution in [1.29, 1.82) is 0 Å². The zero-order chi connectivity index (χ0) is 9.14. The number of hydrogen-bond donors (Lipinski definition) is 1. The largest absolute Gasteiger partial charge is 0.396 e. The van der Waals surface area contributed by atoms with E-state index in [-0.39, 0.29) is 17.9 Å². The molecule has 0 aliphatic heterocycles. The van der Waals surface area contributed by atoms with Crippen LogP contribution in [0.5, 0.6) is 0 Å². The minimum absolute atomic E-state index is 0.0210. The lowest BCUT2D eigenvalue weighted by Crippen LogP contribution is -2.02. The Balaban J connectivity index is 3.00. The molecule has 0 heterocycles. The van der Waals surface area contributed by atoms with E-state index < -0.39 is 5.82 Å². The Morgan fingerprint density at radius 1 is 1.58 bits per heavy atom. The molecule has 1 aromatic rings. The van der Waals surface area contributed by atoms with Gasteiger partial charge in [0.1, 0.15) is 11.6 Å². The molecule has 0 saturated carbocycles. The first kappa shape index (κ1) is 8.71. The molecule has 2 nitrogen and oxygen atoms in total. The first-order chi connectivity index (χ1) is 5.61. The van der Waals surface area contributed by atoms with Gasteiger partial charge in [0.15, 0.2) is 0 Å². The first-order valence-electron chi connectivity index (χ1n) is 3.63. The maximum atomic E-state index is 12.8. The van der Waals surface area contributed by atoms with Gasteiger partial charge in [-0.25, -0.2) is 4.39 Å². The molecule has 1 aromatic carbocycles. The molecule has 3 heteroatoms. The monoisotopic (exact) mass is 167 g/mol. The van der Waals surface area contributed by atoms with Gasteiger partial charge in [0.05, 0.1) is 5.69 Å². The molecular weight excluding hydrogens is 157 g/mol. The van der Waals surface area contributed by atoms with Crippen LogP contribution in [0.4, 0.5) is 10.1 Å². The van der Waals surface area contributed by atoms with Crippen molar-refractivity contribution in [3.05, 3.63) is 29.6 Å². The molecule has 0 fully saturated rings. The highest BCUT2D eigenvalue weighted by molar-refractivity contribution is 5.79. The topological polar surface area (TPSA) is 43.1 Å². The average Bonchev–Trinajstić information content (AvgIpc) is 1.98. The molecule has 0 bridgehead atoms. The molecule has 12 heavy (non-hydrogen) atoms. The summed E-state index contributed by atoms with van der Waals surface area (Å²) in [5.74, 6) is -0.485. The molecule has 0 radical (unpaired) electrons. The van der Waals surface area contributed by atoms with E-state index in [2.05, 4.69) is 0 Å². The van der Waals surface area contributed by atoms with Crippen LogP contribution >= 0.6 is 0 Å². The number of anilines is 1. The summed E-state index contributed by atoms with van der Waals surface area (Å²) < 4.78 is 12.8. The second-order valence-electron chi connectivity index (χ2n) is 2.69. The van der Waals surface area contributed by atoms with Crippen molar-refractivity contribution in [3.8, 4) is 0 Å². The Morgan fingerprint density at radius 3 is 2.83 bits per heavy atom. The third-order valence-electron chi connectivity index (χ3n) is 1.58. The number of rotatable bonds is 2. The van der Waals surface area contributed by atoms with Gasteiger partial charge in [-0.15, -0.1) is 0 Å². The molecule has 0 atom stereocenters. The van der Waals surface area contributed by atoms with Gasteiger partial charge in [-0.2, -0.15) is 0 Å². The van der Waals surface area contributed by atoms with Crippen LogP contribution in [0.1, 0.15) is 12.5 Å². The zero-order valence-electron chi connectivity index (χ0n) is 6.80. The van der Waals surface area contributed by atoms with E-state index in [1.807, 2.05) is 0 Å². The highest BCUT2D eigenvalue weighted by Gasteiger charge is 2.05. The fraction of sp³-hybridized carbons (Fsp3) is 0.222. The van der Waals surface area contributed by atoms with Crippen molar-refractivity contribution < 1.29 is 9.18 Å². The third-order valence-corrected chi connectivity index (χ3v) is 1.58. The van der Waals surface area contributed by atoms with Crippen molar-refractivity contribution in [2.24, 2.45) is 0 Å². The van der Waals surface area contributed by atoms with E-state index in [1.165, 1.54) is 13.0 Å². The number of nitrogen functional groups attached to an aromatic ring is 1. The number of Topliss-reactive ketones (excluding diaryl/α,β-unsaturated/α-hetero) is 1. The van der Waals surface area contributed by atoms with E-state index in [0.717, 1.165) is 0 Å². The number of halogens is 1. The molecule has 0 saturated heterocycles. The van der Waals surface area contributed by atoms with Gasteiger partial charge in [-0.1, -0.05) is 12.1 Å². The normalized spacial score (nSPS) is 9.83. The van der Waals surface area contributed by atoms with Crippen LogP contribution in [-0.4, -0.2) is 5.78 Å². The fourth-order valence-electron chi connectivity index (χ4n) is 1.00. The minimum Gasteiger partial charge on any atom is -0.396 e. The van der Waals surface area contributed by atoms with Gasteiger partial charge >= 0.3 is 0 Å². The smallest absolute Gasteiger partial charge is 0.146 e. The Bertz CT molecular complexity index is 309. The Kier molecular flexibility index (Phi) is 2.43. The van der Waals surface area contributed by atoms with Gasteiger partial charge in [-0.05, 0) is 18.6 Å². The van der Waals surface area contributed by atoms with E-state index in [0.29, 0.717) is 5.56 Å². The number of para-hydroxylation sites is 1. The number of benzene rings is 1. The number of carbonyl (C=O) groups excluding carboxylic acids is 1. The third kappa shape index (κ3) is 1.81. The summed E-state index contributed by atoms with van der Waals surface area (Å²) >= 11 is 0. The summed E-state index contributed by atoms with van der Waals surface area (Å²) in [5.41, 5.74) is 6.04. The number of ketones is 1. The molecule has 2 N–H and O–H groups in total. The first-order valence-corrected chi connectivity index (χ1v) is 3.63. The standard InChI is InChI=1S/C9H10FNO/c1-6(12)5-7-3-2-4-8(10)9(7)11/h2-4H,5,11H2,1H3. The van der Waals surface area contributed by atoms with E-state index in [9.17, 15) is 9.18 Å². The van der Waals surface area contributed by atoms with Crippen molar-refractivity contribution in [2.75, 3.05) is 5.73 Å². The lowest BCUT2D eigenvalue weighted by Gasteiger charge is -2.02. The minimum atomic E-state index is -0.464. The number of hydrogen-bond acceptors (Lipinski definition) is 2. The predicted molar refractivity (Wildman–Crippen MR) is 45.2 cm³/mol. The lowest BCUT2D eigenvalue weighted by atomic mass is 10.1. The van der Waals surface area contributed by atoms with Crippen molar-refractivity contribution in [2.45, 2.75) is 13.3 Å². The highest BCUT2D eigenvalue weighted by atomic mass is 19.1. The maximum absolute atomic E-state index is 12.8. The summed E-state index contributed by atoms with van der Waals surface area (Å²) in [7, 11) is 0. The van der Waals surface area contributed by atoms with Crippen LogP contribution in [0.3, 0.4) is 0 Å². The van der Waals surface area contributed by atoms with Crippen LogP contribution in [0.25, 0.3) is 0 Å². The summed E-state index contributed by atoms with van der Waals surface area (Å²) in [6.07, 6.45) is 0.198. The van der Waals surface area contributed by atoms with E-state index in [4.69, 9.17) is 5.73 Å². The van der Waals surface area contributed by atoms with E-state index in [1.54, 1.807) is 12.1 Å². The second kappa shape index (κ2) is 3.34. The fourth-order valence-corrected chi connectivity index (χ4v) is 1.00. The zero-order valence-corrected chi connectivity index (χ0v) is 6.80. The van der Waals surface area contributed by atoms with Crippen LogP contribution in [-0.2, 0) is 11.2 Å². The molecule has 0 spiro atoms. The van der Waals surface area contributed by atoms with Crippen molar-refractivity contribution in [3.63, 3.8) is 0 Å². The SMILES string of the molecule is CC(=O)Cc1cccc(F)c1N. The number of nitrogens with two attached hydrogens (primary N) is 1. The van der Waals surface area contributed by atoms with Crippen molar-refractivity contribution >= 4 is 11.5 Å². The summed E-state index contributed by atoms with van der Waals surface area (Å²) in [5, 5.41) is 0. The Hall–Kier alpha value is -1.38. The predicted octanol–water partition coefficient (Wildman–Crippen LogP) is 1.54. The molecule has 0 aliphatic rings. The summed E-state index contributed by atoms with van der Waals surface area (Å²) in [4.78, 5) is 10.7. The second-order valence-corrected chi connectivity index (χ2v) is 2.69. The highest BCUT2D eigenvalue weighted by Crippen LogP contribution is 2.16. The Morgan fingerprint density at radius 2 is 2.25 bits per heavy atom. The lowest BCUT2D eigenvalue weighted by molar-refractivity contribution is -0.116. The van der Waals surface area contributed by atoms with Gasteiger partial charge in [0.2, 0.25) is 0 Å². The van der Waals surface area contributed by atoms with Gasteiger partial charge in [-0.3, -0.25) is 4.79 Å². The van der Waals surface area contributed by atoms with Gasteiger partial charge in [0, 0.05) is 6.42 Å². The van der Waals surface area contributed by atoms with Crippen LogP contribution in [0.2, 0.25) is 0 Å². The van der Waals surface area contributed by atoms with Crippen molar-refractivity contribution in [1.82, 2.24) is 0 Å². The molecule has 64 valence electrons. The Labute approximate surface area is 70.2 Å². The summed E-state index contributed by atoms with van der Waals surface area (Å²) in [6.45, 7) is 1.45. The van der Waals surface area contributed by atoms with Crippen LogP contribution in [0.15, 0.2) is 18.2 Å². The number of carbonyl (C=O) groups is 1. The summed E-state index contributed by atoms with van der Waals surface area (Å²) in [6, 6.07) is 4.47. The van der Waals surface area contributed by atoms with Crippen LogP contribution < -0.4 is 5.73 Å². The molecular formula is C9H10FNO. The van der Waals surface area contributed by atoms with E-state index >= 15 is 0 Å². The quantitative estimate of drug-likeness (QED) is 0.679. The average molecular weight is 167 g/mol. The van der Waals surface area contributed by atoms with Gasteiger partial charge < -0.3 is 5.73 Å². The molecule has 0 amide bonds.